The molecule has 1 unspecified atom stereocenters. The van der Waals surface area contributed by atoms with Crippen LogP contribution in [0.25, 0.3) is 0 Å². The maximum Gasteiger partial charge on any atom is 0.202 e. The first kappa shape index (κ1) is 12.8. The molecule has 1 aromatic rings. The van der Waals surface area contributed by atoms with Crippen molar-refractivity contribution in [1.29, 1.82) is 0 Å². The molecule has 0 heterocycles. The zero-order chi connectivity index (χ0) is 13.2. The van der Waals surface area contributed by atoms with Crippen molar-refractivity contribution >= 4 is 15.5 Å². The van der Waals surface area contributed by atoms with Gasteiger partial charge >= 0.3 is 0 Å². The highest BCUT2D eigenvalue weighted by molar-refractivity contribution is 7.95. The lowest BCUT2D eigenvalue weighted by Crippen LogP contribution is -2.10. The normalized spacial score (nSPS) is 20.8. The third-order valence-electron chi connectivity index (χ3n) is 3.22. The van der Waals surface area contributed by atoms with Crippen molar-refractivity contribution in [3.63, 3.8) is 0 Å². The average molecular weight is 265 g/mol. The molecule has 0 aliphatic heterocycles. The third-order valence-corrected chi connectivity index (χ3v) is 5.14. The number of oxime groups is 1. The van der Waals surface area contributed by atoms with Gasteiger partial charge in [-0.2, -0.15) is 0 Å². The van der Waals surface area contributed by atoms with Crippen molar-refractivity contribution in [3.8, 4) is 0 Å². The smallest absolute Gasteiger partial charge is 0.202 e. The van der Waals surface area contributed by atoms with Crippen LogP contribution < -0.4 is 0 Å². The van der Waals surface area contributed by atoms with E-state index in [2.05, 4.69) is 5.16 Å². The fourth-order valence-electron chi connectivity index (χ4n) is 2.05. The molecule has 1 N–H and O–H groups in total. The van der Waals surface area contributed by atoms with E-state index in [9.17, 15) is 8.42 Å². The Morgan fingerprint density at radius 1 is 1.33 bits per heavy atom. The second kappa shape index (κ2) is 4.94. The van der Waals surface area contributed by atoms with Crippen LogP contribution in [0.15, 0.2) is 51.4 Å². The predicted octanol–water partition coefficient (Wildman–Crippen LogP) is 2.60. The molecule has 1 aromatic carbocycles. The molecule has 5 heteroatoms. The van der Waals surface area contributed by atoms with Gasteiger partial charge in [-0.05, 0) is 31.9 Å². The first-order valence-electron chi connectivity index (χ1n) is 5.73. The summed E-state index contributed by atoms with van der Waals surface area (Å²) >= 11 is 0. The Kier molecular flexibility index (Phi) is 3.52. The number of hydrogen-bond acceptors (Lipinski definition) is 4. The highest BCUT2D eigenvalue weighted by Gasteiger charge is 2.29. The molecule has 18 heavy (non-hydrogen) atoms. The molecule has 0 amide bonds. The number of benzene rings is 1. The monoisotopic (exact) mass is 265 g/mol. The minimum Gasteiger partial charge on any atom is -0.411 e. The van der Waals surface area contributed by atoms with E-state index in [0.717, 1.165) is 0 Å². The van der Waals surface area contributed by atoms with Crippen LogP contribution in [0.5, 0.6) is 0 Å². The molecule has 1 aliphatic rings. The van der Waals surface area contributed by atoms with Crippen molar-refractivity contribution in [1.82, 2.24) is 0 Å². The Balaban J connectivity index is 2.25. The fourth-order valence-corrected chi connectivity index (χ4v) is 3.61. The van der Waals surface area contributed by atoms with E-state index in [-0.39, 0.29) is 5.92 Å². The number of nitrogens with zero attached hydrogens (tertiary/aromatic N) is 1. The van der Waals surface area contributed by atoms with E-state index in [1.165, 1.54) is 0 Å². The van der Waals surface area contributed by atoms with Crippen LogP contribution >= 0.6 is 0 Å². The second-order valence-corrected chi connectivity index (χ2v) is 6.37. The Morgan fingerprint density at radius 2 is 2.00 bits per heavy atom. The van der Waals surface area contributed by atoms with E-state index < -0.39 is 9.84 Å². The first-order chi connectivity index (χ1) is 8.55. The largest absolute Gasteiger partial charge is 0.411 e. The summed E-state index contributed by atoms with van der Waals surface area (Å²) in [6.45, 7) is 1.70. The maximum atomic E-state index is 12.3. The van der Waals surface area contributed by atoms with Gasteiger partial charge in [0.25, 0.3) is 0 Å². The lowest BCUT2D eigenvalue weighted by molar-refractivity contribution is 0.314. The lowest BCUT2D eigenvalue weighted by atomic mass is 10.0. The lowest BCUT2D eigenvalue weighted by Gasteiger charge is -2.09. The Hall–Kier alpha value is -1.62. The topological polar surface area (TPSA) is 66.7 Å². The molecule has 2 rings (SSSR count). The first-order valence-corrected chi connectivity index (χ1v) is 7.21. The number of sulfone groups is 1. The highest BCUT2D eigenvalue weighted by atomic mass is 32.2. The molecule has 0 bridgehead atoms. The summed E-state index contributed by atoms with van der Waals surface area (Å²) in [6.07, 6.45) is 2.74. The summed E-state index contributed by atoms with van der Waals surface area (Å²) in [4.78, 5) is 0.734. The zero-order valence-corrected chi connectivity index (χ0v) is 10.9. The molecule has 0 fully saturated rings. The van der Waals surface area contributed by atoms with Gasteiger partial charge in [0.15, 0.2) is 0 Å². The van der Waals surface area contributed by atoms with Crippen molar-refractivity contribution in [2.75, 3.05) is 0 Å². The molecule has 4 nitrogen and oxygen atoms in total. The highest BCUT2D eigenvalue weighted by Crippen LogP contribution is 2.33. The summed E-state index contributed by atoms with van der Waals surface area (Å²) in [6, 6.07) is 8.39. The van der Waals surface area contributed by atoms with Crippen molar-refractivity contribution in [2.24, 2.45) is 11.1 Å². The van der Waals surface area contributed by atoms with Gasteiger partial charge in [0.1, 0.15) is 0 Å². The van der Waals surface area contributed by atoms with Gasteiger partial charge in [-0.25, -0.2) is 8.42 Å². The Morgan fingerprint density at radius 3 is 2.61 bits per heavy atom. The zero-order valence-electron chi connectivity index (χ0n) is 10.1. The standard InChI is InChI=1S/C13H15NO3S/c1-10(14-15)11-7-8-13(9-11)18(16,17)12-5-3-2-4-6-12/h2-6,8,11,15H,7,9H2,1H3/b14-10-. The van der Waals surface area contributed by atoms with Gasteiger partial charge in [0.05, 0.1) is 10.6 Å². The molecule has 96 valence electrons. The van der Waals surface area contributed by atoms with Gasteiger partial charge in [0.2, 0.25) is 9.84 Å². The SMILES string of the molecule is C/C(=N/O)C1CC=C(S(=O)(=O)c2ccccc2)C1. The number of allylic oxidation sites excluding steroid dienone is 2. The molecule has 0 saturated heterocycles. The van der Waals surface area contributed by atoms with E-state index in [4.69, 9.17) is 5.21 Å². The maximum absolute atomic E-state index is 12.3. The van der Waals surface area contributed by atoms with Crippen LogP contribution in [-0.2, 0) is 9.84 Å². The summed E-state index contributed by atoms with van der Waals surface area (Å²) in [5, 5.41) is 11.9. The third kappa shape index (κ3) is 2.31. The fraction of sp³-hybridized carbons (Fsp3) is 0.308. The summed E-state index contributed by atoms with van der Waals surface area (Å²) in [5.74, 6) is -0.0107. The van der Waals surface area contributed by atoms with Crippen molar-refractivity contribution in [3.05, 3.63) is 41.3 Å². The summed E-state index contributed by atoms with van der Waals surface area (Å²) < 4.78 is 24.6. The quantitative estimate of drug-likeness (QED) is 0.519. The number of hydrogen-bond donors (Lipinski definition) is 1. The van der Waals surface area contributed by atoms with Crippen LogP contribution in [0.4, 0.5) is 0 Å². The van der Waals surface area contributed by atoms with Crippen LogP contribution in [-0.4, -0.2) is 19.3 Å². The van der Waals surface area contributed by atoms with E-state index in [1.54, 1.807) is 43.3 Å². The van der Waals surface area contributed by atoms with Gasteiger partial charge in [-0.15, -0.1) is 0 Å². The van der Waals surface area contributed by atoms with E-state index >= 15 is 0 Å². The summed E-state index contributed by atoms with van der Waals surface area (Å²) in [7, 11) is -3.39. The molecule has 1 aliphatic carbocycles. The minimum absolute atomic E-state index is 0.0107. The minimum atomic E-state index is -3.39. The van der Waals surface area contributed by atoms with Crippen LogP contribution in [0.1, 0.15) is 19.8 Å². The molecule has 0 spiro atoms. The second-order valence-electron chi connectivity index (χ2n) is 4.37. The average Bonchev–Trinajstić information content (AvgIpc) is 2.89. The van der Waals surface area contributed by atoms with Gasteiger partial charge in [0, 0.05) is 10.8 Å². The number of rotatable bonds is 3. The van der Waals surface area contributed by atoms with Gasteiger partial charge < -0.3 is 5.21 Å². The Bertz CT molecular complexity index is 588. The van der Waals surface area contributed by atoms with Gasteiger partial charge in [-0.3, -0.25) is 0 Å². The molecular weight excluding hydrogens is 250 g/mol. The van der Waals surface area contributed by atoms with Crippen molar-refractivity contribution < 1.29 is 13.6 Å². The van der Waals surface area contributed by atoms with E-state index in [1.807, 2.05) is 0 Å². The predicted molar refractivity (Wildman–Crippen MR) is 69.3 cm³/mol. The van der Waals surface area contributed by atoms with E-state index in [0.29, 0.717) is 28.4 Å². The van der Waals surface area contributed by atoms with Crippen LogP contribution in [0.2, 0.25) is 0 Å². The van der Waals surface area contributed by atoms with Crippen LogP contribution in [0, 0.1) is 5.92 Å². The molecule has 1 atom stereocenters. The van der Waals surface area contributed by atoms with Crippen molar-refractivity contribution in [2.45, 2.75) is 24.7 Å². The molecular formula is C13H15NO3S. The van der Waals surface area contributed by atoms with Gasteiger partial charge in [-0.1, -0.05) is 29.4 Å². The Labute approximate surface area is 107 Å². The van der Waals surface area contributed by atoms with Crippen LogP contribution in [0.3, 0.4) is 0 Å². The molecule has 0 radical (unpaired) electrons. The summed E-state index contributed by atoms with van der Waals surface area (Å²) in [5.41, 5.74) is 0.574. The molecule has 0 saturated carbocycles. The molecule has 0 aromatic heterocycles.